The Morgan fingerprint density at radius 1 is 1.56 bits per heavy atom. The van der Waals surface area contributed by atoms with Gasteiger partial charge in [0.15, 0.2) is 0 Å². The normalized spacial score (nSPS) is 10.2. The summed E-state index contributed by atoms with van der Waals surface area (Å²) in [5.74, 6) is 0. The topological polar surface area (TPSA) is 32.6 Å². The molecule has 2 heteroatoms. The lowest BCUT2D eigenvalue weighted by Crippen LogP contribution is -1.77. The zero-order valence-corrected chi connectivity index (χ0v) is 4.78. The van der Waals surface area contributed by atoms with Gasteiger partial charge in [0.05, 0.1) is 6.21 Å². The van der Waals surface area contributed by atoms with E-state index in [1.165, 1.54) is 6.21 Å². The Hall–Kier alpha value is -1.31. The molecule has 1 aromatic rings. The van der Waals surface area contributed by atoms with Crippen LogP contribution in [0.3, 0.4) is 0 Å². The van der Waals surface area contributed by atoms with Crippen LogP contribution in [0.5, 0.6) is 0 Å². The third-order valence-electron chi connectivity index (χ3n) is 0.930. The number of rotatable bonds is 1. The van der Waals surface area contributed by atoms with Crippen LogP contribution in [-0.4, -0.2) is 11.4 Å². The van der Waals surface area contributed by atoms with Crippen LogP contribution in [0.1, 0.15) is 5.56 Å². The van der Waals surface area contributed by atoms with Crippen molar-refractivity contribution in [1.82, 2.24) is 0 Å². The van der Waals surface area contributed by atoms with Crippen LogP contribution in [-0.2, 0) is 0 Å². The monoisotopic (exact) mass is 120 g/mol. The summed E-state index contributed by atoms with van der Waals surface area (Å²) in [6.07, 6.45) is 1.33. The Labute approximate surface area is 53.4 Å². The third kappa shape index (κ3) is 1.57. The highest BCUT2D eigenvalue weighted by molar-refractivity contribution is 5.78. The van der Waals surface area contributed by atoms with E-state index in [9.17, 15) is 0 Å². The molecule has 1 rings (SSSR count). The summed E-state index contributed by atoms with van der Waals surface area (Å²) in [5, 5.41) is 10.9. The molecule has 0 unspecified atom stereocenters. The van der Waals surface area contributed by atoms with E-state index in [1.807, 2.05) is 12.1 Å². The Morgan fingerprint density at radius 3 is 3.00 bits per heavy atom. The van der Waals surface area contributed by atoms with Crippen molar-refractivity contribution in [3.05, 3.63) is 35.9 Å². The van der Waals surface area contributed by atoms with E-state index in [4.69, 9.17) is 5.21 Å². The van der Waals surface area contributed by atoms with Gasteiger partial charge in [-0.05, 0) is 6.07 Å². The van der Waals surface area contributed by atoms with Crippen molar-refractivity contribution < 1.29 is 5.21 Å². The lowest BCUT2D eigenvalue weighted by Gasteiger charge is -1.84. The van der Waals surface area contributed by atoms with Crippen LogP contribution in [0.15, 0.2) is 29.4 Å². The first kappa shape index (κ1) is 5.82. The fraction of sp³-hybridized carbons (Fsp3) is 0. The summed E-state index contributed by atoms with van der Waals surface area (Å²) in [6, 6.07) is 10.1. The zero-order valence-electron chi connectivity index (χ0n) is 4.78. The fourth-order valence-electron chi connectivity index (χ4n) is 0.550. The van der Waals surface area contributed by atoms with Crippen molar-refractivity contribution in [2.75, 3.05) is 0 Å². The van der Waals surface area contributed by atoms with Gasteiger partial charge in [-0.3, -0.25) is 0 Å². The molecule has 0 bridgehead atoms. The van der Waals surface area contributed by atoms with E-state index in [-0.39, 0.29) is 0 Å². The molecule has 0 aliphatic rings. The summed E-state index contributed by atoms with van der Waals surface area (Å²) >= 11 is 0. The number of hydrogen-bond donors (Lipinski definition) is 1. The predicted octanol–water partition coefficient (Wildman–Crippen LogP) is 1.29. The minimum absolute atomic E-state index is 0.778. The van der Waals surface area contributed by atoms with Crippen molar-refractivity contribution >= 4 is 6.21 Å². The molecule has 0 aliphatic heterocycles. The summed E-state index contributed by atoms with van der Waals surface area (Å²) in [4.78, 5) is 0. The molecule has 1 N–H and O–H groups in total. The van der Waals surface area contributed by atoms with Crippen LogP contribution < -0.4 is 0 Å². The number of nitrogens with zero attached hydrogens (tertiary/aromatic N) is 1. The van der Waals surface area contributed by atoms with Crippen LogP contribution >= 0.6 is 0 Å². The Morgan fingerprint density at radius 2 is 2.44 bits per heavy atom. The molecule has 0 amide bonds. The van der Waals surface area contributed by atoms with E-state index >= 15 is 0 Å². The van der Waals surface area contributed by atoms with Crippen molar-refractivity contribution in [2.45, 2.75) is 0 Å². The zero-order chi connectivity index (χ0) is 6.53. The smallest absolute Gasteiger partial charge is 0.0740 e. The second-order valence-electron chi connectivity index (χ2n) is 1.56. The van der Waals surface area contributed by atoms with Gasteiger partial charge < -0.3 is 5.21 Å². The first-order chi connectivity index (χ1) is 4.43. The average Bonchev–Trinajstić information content (AvgIpc) is 1.91. The SMILES string of the molecule is O/N=C\c1[c]cccc1. The predicted molar refractivity (Wildman–Crippen MR) is 34.7 cm³/mol. The van der Waals surface area contributed by atoms with E-state index in [2.05, 4.69) is 11.2 Å². The molecule has 0 fully saturated rings. The molecule has 2 nitrogen and oxygen atoms in total. The van der Waals surface area contributed by atoms with Gasteiger partial charge in [-0.15, -0.1) is 0 Å². The van der Waals surface area contributed by atoms with Crippen molar-refractivity contribution in [2.24, 2.45) is 5.16 Å². The maximum absolute atomic E-state index is 8.07. The van der Waals surface area contributed by atoms with Crippen molar-refractivity contribution in [1.29, 1.82) is 0 Å². The van der Waals surface area contributed by atoms with Gasteiger partial charge in [0.25, 0.3) is 0 Å². The molecule has 0 saturated carbocycles. The summed E-state index contributed by atoms with van der Waals surface area (Å²) in [6.45, 7) is 0. The first-order valence-corrected chi connectivity index (χ1v) is 2.57. The number of oxime groups is 1. The quantitative estimate of drug-likeness (QED) is 0.338. The highest BCUT2D eigenvalue weighted by Crippen LogP contribution is 1.91. The molecule has 0 aliphatic carbocycles. The highest BCUT2D eigenvalue weighted by atomic mass is 16.4. The minimum atomic E-state index is 0.778. The molecule has 1 radical (unpaired) electrons. The van der Waals surface area contributed by atoms with E-state index in [0.717, 1.165) is 5.56 Å². The molecular weight excluding hydrogens is 114 g/mol. The Balaban J connectivity index is 2.85. The average molecular weight is 120 g/mol. The fourth-order valence-corrected chi connectivity index (χ4v) is 0.550. The number of benzene rings is 1. The minimum Gasteiger partial charge on any atom is -0.411 e. The summed E-state index contributed by atoms with van der Waals surface area (Å²) < 4.78 is 0. The van der Waals surface area contributed by atoms with Gasteiger partial charge in [0, 0.05) is 5.56 Å². The largest absolute Gasteiger partial charge is 0.411 e. The lowest BCUT2D eigenvalue weighted by molar-refractivity contribution is 0.322. The molecular formula is C7H6NO. The summed E-state index contributed by atoms with van der Waals surface area (Å²) in [5.41, 5.74) is 0.778. The van der Waals surface area contributed by atoms with Crippen LogP contribution in [0, 0.1) is 6.07 Å². The van der Waals surface area contributed by atoms with Gasteiger partial charge in [-0.1, -0.05) is 29.4 Å². The first-order valence-electron chi connectivity index (χ1n) is 2.57. The molecule has 9 heavy (non-hydrogen) atoms. The van der Waals surface area contributed by atoms with Gasteiger partial charge in [0.1, 0.15) is 0 Å². The molecule has 0 saturated heterocycles. The van der Waals surface area contributed by atoms with Gasteiger partial charge in [-0.25, -0.2) is 0 Å². The standard InChI is InChI=1S/C7H6NO/c9-8-6-7-4-2-1-3-5-7/h1-4,6,9H/b8-6-. The van der Waals surface area contributed by atoms with Crippen LogP contribution in [0.4, 0.5) is 0 Å². The van der Waals surface area contributed by atoms with Gasteiger partial charge in [0.2, 0.25) is 0 Å². The van der Waals surface area contributed by atoms with Gasteiger partial charge in [-0.2, -0.15) is 0 Å². The highest BCUT2D eigenvalue weighted by Gasteiger charge is 1.80. The van der Waals surface area contributed by atoms with E-state index < -0.39 is 0 Å². The molecule has 0 aromatic heterocycles. The van der Waals surface area contributed by atoms with E-state index in [1.54, 1.807) is 12.1 Å². The number of hydrogen-bond acceptors (Lipinski definition) is 2. The van der Waals surface area contributed by atoms with Crippen LogP contribution in [0.25, 0.3) is 0 Å². The molecule has 0 spiro atoms. The molecule has 0 heterocycles. The maximum atomic E-state index is 8.07. The molecule has 0 atom stereocenters. The van der Waals surface area contributed by atoms with Crippen molar-refractivity contribution in [3.8, 4) is 0 Å². The summed E-state index contributed by atoms with van der Waals surface area (Å²) in [7, 11) is 0. The molecule has 1 aromatic carbocycles. The maximum Gasteiger partial charge on any atom is 0.0740 e. The van der Waals surface area contributed by atoms with Crippen molar-refractivity contribution in [3.63, 3.8) is 0 Å². The second-order valence-corrected chi connectivity index (χ2v) is 1.56. The second kappa shape index (κ2) is 2.87. The Bertz CT molecular complexity index is 193. The van der Waals surface area contributed by atoms with E-state index in [0.29, 0.717) is 0 Å². The molecule has 45 valence electrons. The lowest BCUT2D eigenvalue weighted by atomic mass is 10.2. The van der Waals surface area contributed by atoms with Gasteiger partial charge >= 0.3 is 0 Å². The Kier molecular flexibility index (Phi) is 1.85. The third-order valence-corrected chi connectivity index (χ3v) is 0.930. The van der Waals surface area contributed by atoms with Crippen LogP contribution in [0.2, 0.25) is 0 Å².